The number of hydrogen-bond acceptors (Lipinski definition) is 4. The van der Waals surface area contributed by atoms with Crippen LogP contribution in [0.25, 0.3) is 11.5 Å². The maximum absolute atomic E-state index is 13.3. The largest absolute Gasteiger partial charge is 0.441 e. The van der Waals surface area contributed by atoms with Crippen LogP contribution in [-0.4, -0.2) is 24.0 Å². The number of carbonyl (C=O) groups is 1. The smallest absolute Gasteiger partial charge is 0.416 e. The van der Waals surface area contributed by atoms with Gasteiger partial charge in [-0.1, -0.05) is 18.2 Å². The molecule has 1 aliphatic heterocycles. The van der Waals surface area contributed by atoms with Crippen molar-refractivity contribution in [3.63, 3.8) is 0 Å². The van der Waals surface area contributed by atoms with Gasteiger partial charge in [0.05, 0.1) is 29.1 Å². The fourth-order valence-corrected chi connectivity index (χ4v) is 3.87. The molecule has 32 heavy (non-hydrogen) atoms. The van der Waals surface area contributed by atoms with Gasteiger partial charge in [-0.15, -0.1) is 0 Å². The zero-order chi connectivity index (χ0) is 22.7. The predicted molar refractivity (Wildman–Crippen MR) is 117 cm³/mol. The number of oxazole rings is 1. The van der Waals surface area contributed by atoms with Crippen LogP contribution in [-0.2, 0) is 17.4 Å². The molecule has 1 N–H and O–H groups in total. The number of rotatable bonds is 5. The lowest BCUT2D eigenvalue weighted by Crippen LogP contribution is -2.30. The zero-order valence-electron chi connectivity index (χ0n) is 17.7. The Morgan fingerprint density at radius 2 is 1.81 bits per heavy atom. The highest BCUT2D eigenvalue weighted by Crippen LogP contribution is 2.36. The predicted octanol–water partition coefficient (Wildman–Crippen LogP) is 5.84. The molecule has 168 valence electrons. The quantitative estimate of drug-likeness (QED) is 0.538. The van der Waals surface area contributed by atoms with E-state index in [0.717, 1.165) is 50.0 Å². The lowest BCUT2D eigenvalue weighted by Gasteiger charge is -2.31. The number of halogens is 3. The van der Waals surface area contributed by atoms with Gasteiger partial charge in [-0.05, 0) is 56.5 Å². The molecule has 1 amide bonds. The first-order valence-electron chi connectivity index (χ1n) is 10.6. The van der Waals surface area contributed by atoms with E-state index in [2.05, 4.69) is 10.3 Å². The first-order valence-corrected chi connectivity index (χ1v) is 10.6. The Kier molecular flexibility index (Phi) is 6.21. The minimum absolute atomic E-state index is 0.0994. The number of benzene rings is 2. The Hall–Kier alpha value is -3.29. The average molecular weight is 443 g/mol. The average Bonchev–Trinajstić information content (AvgIpc) is 3.14. The van der Waals surface area contributed by atoms with Gasteiger partial charge in [0.1, 0.15) is 5.76 Å². The number of hydrogen-bond donors (Lipinski definition) is 1. The van der Waals surface area contributed by atoms with E-state index < -0.39 is 17.6 Å². The van der Waals surface area contributed by atoms with E-state index >= 15 is 0 Å². The minimum Gasteiger partial charge on any atom is -0.441 e. The Labute approximate surface area is 184 Å². The molecule has 8 heteroatoms. The molecular formula is C24H24F3N3O2. The van der Waals surface area contributed by atoms with Crippen LogP contribution < -0.4 is 10.2 Å². The number of alkyl halides is 3. The van der Waals surface area contributed by atoms with E-state index in [9.17, 15) is 18.0 Å². The van der Waals surface area contributed by atoms with Crippen molar-refractivity contribution in [2.45, 2.75) is 38.8 Å². The van der Waals surface area contributed by atoms with Crippen LogP contribution in [0.5, 0.6) is 0 Å². The second-order valence-corrected chi connectivity index (χ2v) is 7.89. The number of anilines is 2. The third-order valence-electron chi connectivity index (χ3n) is 5.54. The third kappa shape index (κ3) is 4.95. The van der Waals surface area contributed by atoms with Gasteiger partial charge < -0.3 is 14.6 Å². The molecule has 0 unspecified atom stereocenters. The molecule has 3 aromatic rings. The number of aryl methyl sites for hydroxylation is 1. The van der Waals surface area contributed by atoms with Gasteiger partial charge in [-0.25, -0.2) is 4.98 Å². The highest BCUT2D eigenvalue weighted by molar-refractivity contribution is 5.95. The summed E-state index contributed by atoms with van der Waals surface area (Å²) in [6, 6.07) is 12.8. The molecule has 0 radical (unpaired) electrons. The van der Waals surface area contributed by atoms with E-state index in [0.29, 0.717) is 23.0 Å². The molecule has 0 aliphatic carbocycles. The standard InChI is InChI=1S/C24H24F3N3O2/c1-16-19(29-23(32-16)17-8-4-2-5-9-17)15-22(31)28-20-14-18(24(25,26)27)10-11-21(20)30-12-6-3-7-13-30/h2,4-5,8-11,14H,3,6-7,12-13,15H2,1H3,(H,28,31). The summed E-state index contributed by atoms with van der Waals surface area (Å²) in [4.78, 5) is 19.2. The van der Waals surface area contributed by atoms with Crippen molar-refractivity contribution in [3.05, 3.63) is 65.5 Å². The number of nitrogens with one attached hydrogen (secondary N) is 1. The maximum atomic E-state index is 13.3. The first-order chi connectivity index (χ1) is 15.3. The van der Waals surface area contributed by atoms with Gasteiger partial charge in [0, 0.05) is 18.7 Å². The van der Waals surface area contributed by atoms with Crippen LogP contribution in [0, 0.1) is 6.92 Å². The van der Waals surface area contributed by atoms with Crippen LogP contribution in [0.4, 0.5) is 24.5 Å². The molecule has 0 saturated carbocycles. The van der Waals surface area contributed by atoms with Gasteiger partial charge in [0.15, 0.2) is 0 Å². The summed E-state index contributed by atoms with van der Waals surface area (Å²) in [5.74, 6) is 0.455. The first kappa shape index (κ1) is 21.9. The van der Waals surface area contributed by atoms with E-state index in [-0.39, 0.29) is 12.1 Å². The Balaban J connectivity index is 1.56. The summed E-state index contributed by atoms with van der Waals surface area (Å²) in [7, 11) is 0. The summed E-state index contributed by atoms with van der Waals surface area (Å²) in [5.41, 5.74) is 1.21. The number of piperidine rings is 1. The summed E-state index contributed by atoms with van der Waals surface area (Å²) >= 11 is 0. The topological polar surface area (TPSA) is 58.4 Å². The SMILES string of the molecule is Cc1oc(-c2ccccc2)nc1CC(=O)Nc1cc(C(F)(F)F)ccc1N1CCCCC1. The molecule has 1 fully saturated rings. The normalized spacial score (nSPS) is 14.4. The number of aromatic nitrogens is 1. The lowest BCUT2D eigenvalue weighted by atomic mass is 10.1. The minimum atomic E-state index is -4.49. The summed E-state index contributed by atoms with van der Waals surface area (Å²) < 4.78 is 45.6. The summed E-state index contributed by atoms with van der Waals surface area (Å²) in [6.45, 7) is 3.21. The fraction of sp³-hybridized carbons (Fsp3) is 0.333. The molecule has 2 heterocycles. The Morgan fingerprint density at radius 1 is 1.09 bits per heavy atom. The zero-order valence-corrected chi connectivity index (χ0v) is 17.7. The van der Waals surface area contributed by atoms with Crippen molar-refractivity contribution in [1.82, 2.24) is 4.98 Å². The summed E-state index contributed by atoms with van der Waals surface area (Å²) in [5, 5.41) is 2.68. The van der Waals surface area contributed by atoms with Crippen molar-refractivity contribution in [3.8, 4) is 11.5 Å². The van der Waals surface area contributed by atoms with E-state index in [1.165, 1.54) is 6.07 Å². The van der Waals surface area contributed by atoms with Crippen molar-refractivity contribution < 1.29 is 22.4 Å². The molecule has 4 rings (SSSR count). The van der Waals surface area contributed by atoms with Gasteiger partial charge in [0.2, 0.25) is 11.8 Å². The van der Waals surface area contributed by atoms with E-state index in [1.54, 1.807) is 6.92 Å². The van der Waals surface area contributed by atoms with Crippen molar-refractivity contribution in [2.24, 2.45) is 0 Å². The monoisotopic (exact) mass is 443 g/mol. The number of nitrogens with zero attached hydrogens (tertiary/aromatic N) is 2. The van der Waals surface area contributed by atoms with Gasteiger partial charge in [-0.3, -0.25) is 4.79 Å². The molecule has 1 aliphatic rings. The van der Waals surface area contributed by atoms with Crippen LogP contribution in [0.1, 0.15) is 36.3 Å². The molecule has 0 atom stereocenters. The van der Waals surface area contributed by atoms with Crippen molar-refractivity contribution in [1.29, 1.82) is 0 Å². The molecule has 0 spiro atoms. The molecule has 1 aromatic heterocycles. The molecule has 5 nitrogen and oxygen atoms in total. The number of carbonyl (C=O) groups excluding carboxylic acids is 1. The molecule has 1 saturated heterocycles. The highest BCUT2D eigenvalue weighted by Gasteiger charge is 2.32. The highest BCUT2D eigenvalue weighted by atomic mass is 19.4. The van der Waals surface area contributed by atoms with Crippen LogP contribution in [0.15, 0.2) is 52.9 Å². The van der Waals surface area contributed by atoms with Gasteiger partial charge >= 0.3 is 6.18 Å². The van der Waals surface area contributed by atoms with Crippen molar-refractivity contribution >= 4 is 17.3 Å². The second-order valence-electron chi connectivity index (χ2n) is 7.89. The maximum Gasteiger partial charge on any atom is 0.416 e. The van der Waals surface area contributed by atoms with Crippen LogP contribution >= 0.6 is 0 Å². The Morgan fingerprint density at radius 3 is 2.50 bits per heavy atom. The molecule has 2 aromatic carbocycles. The van der Waals surface area contributed by atoms with Gasteiger partial charge in [-0.2, -0.15) is 13.2 Å². The van der Waals surface area contributed by atoms with Crippen molar-refractivity contribution in [2.75, 3.05) is 23.3 Å². The molecular weight excluding hydrogens is 419 g/mol. The molecule has 0 bridgehead atoms. The lowest BCUT2D eigenvalue weighted by molar-refractivity contribution is -0.137. The van der Waals surface area contributed by atoms with Crippen LogP contribution in [0.3, 0.4) is 0 Å². The van der Waals surface area contributed by atoms with Gasteiger partial charge in [0.25, 0.3) is 0 Å². The van der Waals surface area contributed by atoms with E-state index in [4.69, 9.17) is 4.42 Å². The number of amides is 1. The summed E-state index contributed by atoms with van der Waals surface area (Å²) in [6.07, 6.45) is -1.57. The Bertz CT molecular complexity index is 1090. The second kappa shape index (κ2) is 9.06. The van der Waals surface area contributed by atoms with Crippen LogP contribution in [0.2, 0.25) is 0 Å². The van der Waals surface area contributed by atoms with E-state index in [1.807, 2.05) is 35.2 Å². The third-order valence-corrected chi connectivity index (χ3v) is 5.54. The fourth-order valence-electron chi connectivity index (χ4n) is 3.87.